The number of benzene rings is 1. The third kappa shape index (κ3) is 3.58. The molecule has 1 aliphatic heterocycles. The zero-order valence-corrected chi connectivity index (χ0v) is 11.8. The standard InChI is InChI=1S/C13H17FN2O2.ClH/c1-9-8-16(6-5-15-9)13(17)10-3-4-11(14)12(7-10)18-2;/h3-4,7,9,15H,5-6,8H2,1-2H3;1H/t9-;/m1./s1. The first-order valence-electron chi connectivity index (χ1n) is 5.98. The zero-order valence-electron chi connectivity index (χ0n) is 11.0. The predicted molar refractivity (Wildman–Crippen MR) is 73.6 cm³/mol. The van der Waals surface area contributed by atoms with Crippen LogP contribution in [0.5, 0.6) is 5.75 Å². The number of hydrogen-bond donors (Lipinski definition) is 1. The van der Waals surface area contributed by atoms with Gasteiger partial charge in [0.25, 0.3) is 5.91 Å². The first-order chi connectivity index (χ1) is 8.61. The molecule has 0 aliphatic carbocycles. The van der Waals surface area contributed by atoms with E-state index >= 15 is 0 Å². The Kier molecular flexibility index (Phi) is 5.57. The van der Waals surface area contributed by atoms with E-state index in [1.165, 1.54) is 25.3 Å². The van der Waals surface area contributed by atoms with Gasteiger partial charge in [-0.05, 0) is 25.1 Å². The molecule has 0 saturated carbocycles. The maximum atomic E-state index is 13.3. The van der Waals surface area contributed by atoms with Crippen molar-refractivity contribution in [2.24, 2.45) is 0 Å². The summed E-state index contributed by atoms with van der Waals surface area (Å²) in [5, 5.41) is 3.27. The number of hydrogen-bond acceptors (Lipinski definition) is 3. The average molecular weight is 289 g/mol. The molecule has 0 spiro atoms. The Morgan fingerprint density at radius 3 is 2.89 bits per heavy atom. The van der Waals surface area contributed by atoms with E-state index in [1.54, 1.807) is 4.90 Å². The van der Waals surface area contributed by atoms with Crippen LogP contribution in [-0.2, 0) is 0 Å². The lowest BCUT2D eigenvalue weighted by atomic mass is 10.1. The molecular formula is C13H18ClFN2O2. The summed E-state index contributed by atoms with van der Waals surface area (Å²) in [6, 6.07) is 4.49. The fourth-order valence-corrected chi connectivity index (χ4v) is 2.09. The van der Waals surface area contributed by atoms with Crippen LogP contribution in [0.2, 0.25) is 0 Å². The zero-order chi connectivity index (χ0) is 13.1. The van der Waals surface area contributed by atoms with Crippen molar-refractivity contribution in [1.82, 2.24) is 10.2 Å². The van der Waals surface area contributed by atoms with Gasteiger partial charge in [-0.25, -0.2) is 4.39 Å². The normalized spacial score (nSPS) is 18.7. The first kappa shape index (κ1) is 15.7. The molecular weight excluding hydrogens is 271 g/mol. The number of piperazine rings is 1. The van der Waals surface area contributed by atoms with Crippen LogP contribution in [0.1, 0.15) is 17.3 Å². The number of carbonyl (C=O) groups excluding carboxylic acids is 1. The Bertz CT molecular complexity index is 456. The molecule has 1 aromatic rings. The molecule has 2 rings (SSSR count). The second-order valence-corrected chi connectivity index (χ2v) is 4.46. The highest BCUT2D eigenvalue weighted by Gasteiger charge is 2.22. The van der Waals surface area contributed by atoms with Crippen LogP contribution in [0.3, 0.4) is 0 Å². The van der Waals surface area contributed by atoms with Crippen LogP contribution in [-0.4, -0.2) is 43.6 Å². The molecule has 106 valence electrons. The highest BCUT2D eigenvalue weighted by molar-refractivity contribution is 5.94. The van der Waals surface area contributed by atoms with Crippen LogP contribution < -0.4 is 10.1 Å². The molecule has 0 radical (unpaired) electrons. The molecule has 1 aromatic carbocycles. The number of rotatable bonds is 2. The predicted octanol–water partition coefficient (Wildman–Crippen LogP) is 1.69. The summed E-state index contributed by atoms with van der Waals surface area (Å²) < 4.78 is 18.2. The molecule has 1 amide bonds. The molecule has 0 unspecified atom stereocenters. The molecule has 1 aliphatic rings. The monoisotopic (exact) mass is 288 g/mol. The Morgan fingerprint density at radius 1 is 1.53 bits per heavy atom. The molecule has 1 saturated heterocycles. The van der Waals surface area contributed by atoms with Crippen molar-refractivity contribution in [1.29, 1.82) is 0 Å². The van der Waals surface area contributed by atoms with E-state index in [0.717, 1.165) is 6.54 Å². The number of nitrogens with zero attached hydrogens (tertiary/aromatic N) is 1. The van der Waals surface area contributed by atoms with E-state index in [9.17, 15) is 9.18 Å². The summed E-state index contributed by atoms with van der Waals surface area (Å²) in [6.07, 6.45) is 0. The lowest BCUT2D eigenvalue weighted by Gasteiger charge is -2.32. The van der Waals surface area contributed by atoms with Crippen molar-refractivity contribution in [2.45, 2.75) is 13.0 Å². The molecule has 1 N–H and O–H groups in total. The fourth-order valence-electron chi connectivity index (χ4n) is 2.09. The van der Waals surface area contributed by atoms with Crippen LogP contribution in [0.25, 0.3) is 0 Å². The van der Waals surface area contributed by atoms with Gasteiger partial charge in [-0.1, -0.05) is 0 Å². The second kappa shape index (κ2) is 6.73. The summed E-state index contributed by atoms with van der Waals surface area (Å²) in [7, 11) is 1.39. The number of halogens is 2. The Balaban J connectivity index is 0.00000180. The molecule has 0 aromatic heterocycles. The third-order valence-electron chi connectivity index (χ3n) is 3.05. The van der Waals surface area contributed by atoms with Gasteiger partial charge in [0.05, 0.1) is 7.11 Å². The number of methoxy groups -OCH3 is 1. The van der Waals surface area contributed by atoms with E-state index in [4.69, 9.17) is 4.74 Å². The summed E-state index contributed by atoms with van der Waals surface area (Å²) >= 11 is 0. The molecule has 1 heterocycles. The van der Waals surface area contributed by atoms with Gasteiger partial charge in [-0.2, -0.15) is 0 Å². The Labute approximate surface area is 118 Å². The summed E-state index contributed by atoms with van der Waals surface area (Å²) in [6.45, 7) is 4.15. The van der Waals surface area contributed by atoms with E-state index in [-0.39, 0.29) is 30.1 Å². The van der Waals surface area contributed by atoms with Gasteiger partial charge in [-0.3, -0.25) is 4.79 Å². The first-order valence-corrected chi connectivity index (χ1v) is 5.98. The smallest absolute Gasteiger partial charge is 0.254 e. The van der Waals surface area contributed by atoms with Crippen molar-refractivity contribution in [3.05, 3.63) is 29.6 Å². The van der Waals surface area contributed by atoms with Crippen LogP contribution in [0.15, 0.2) is 18.2 Å². The minimum Gasteiger partial charge on any atom is -0.494 e. The van der Waals surface area contributed by atoms with Crippen molar-refractivity contribution < 1.29 is 13.9 Å². The molecule has 19 heavy (non-hydrogen) atoms. The minimum atomic E-state index is -0.456. The molecule has 1 fully saturated rings. The molecule has 0 bridgehead atoms. The van der Waals surface area contributed by atoms with Gasteiger partial charge < -0.3 is 15.0 Å². The Morgan fingerprint density at radius 2 is 2.26 bits per heavy atom. The minimum absolute atomic E-state index is 0. The average Bonchev–Trinajstić information content (AvgIpc) is 2.38. The van der Waals surface area contributed by atoms with Gasteiger partial charge in [0.1, 0.15) is 0 Å². The molecule has 6 heteroatoms. The van der Waals surface area contributed by atoms with Crippen molar-refractivity contribution in [3.8, 4) is 5.75 Å². The number of nitrogens with one attached hydrogen (secondary N) is 1. The van der Waals surface area contributed by atoms with Crippen LogP contribution in [0, 0.1) is 5.82 Å². The lowest BCUT2D eigenvalue weighted by Crippen LogP contribution is -2.51. The molecule has 1 atom stereocenters. The van der Waals surface area contributed by atoms with Crippen LogP contribution >= 0.6 is 12.4 Å². The van der Waals surface area contributed by atoms with Gasteiger partial charge in [0, 0.05) is 31.2 Å². The van der Waals surface area contributed by atoms with Gasteiger partial charge in [0.15, 0.2) is 11.6 Å². The maximum absolute atomic E-state index is 13.3. The van der Waals surface area contributed by atoms with Crippen molar-refractivity contribution >= 4 is 18.3 Å². The summed E-state index contributed by atoms with van der Waals surface area (Å²) in [4.78, 5) is 14.0. The van der Waals surface area contributed by atoms with Gasteiger partial charge in [-0.15, -0.1) is 12.4 Å². The number of ether oxygens (including phenoxy) is 1. The van der Waals surface area contributed by atoms with Gasteiger partial charge in [0.2, 0.25) is 0 Å². The Hall–Kier alpha value is -1.33. The highest BCUT2D eigenvalue weighted by Crippen LogP contribution is 2.19. The van der Waals surface area contributed by atoms with E-state index in [2.05, 4.69) is 5.32 Å². The number of amides is 1. The SMILES string of the molecule is COc1cc(C(=O)N2CCN[C@H](C)C2)ccc1F.Cl. The summed E-state index contributed by atoms with van der Waals surface area (Å²) in [5.41, 5.74) is 0.461. The number of carbonyl (C=O) groups is 1. The third-order valence-corrected chi connectivity index (χ3v) is 3.05. The van der Waals surface area contributed by atoms with Crippen LogP contribution in [0.4, 0.5) is 4.39 Å². The molecule has 4 nitrogen and oxygen atoms in total. The topological polar surface area (TPSA) is 41.6 Å². The summed E-state index contributed by atoms with van der Waals surface area (Å²) in [5.74, 6) is -0.437. The highest BCUT2D eigenvalue weighted by atomic mass is 35.5. The fraction of sp³-hybridized carbons (Fsp3) is 0.462. The van der Waals surface area contributed by atoms with Crippen molar-refractivity contribution in [3.63, 3.8) is 0 Å². The van der Waals surface area contributed by atoms with Gasteiger partial charge >= 0.3 is 0 Å². The van der Waals surface area contributed by atoms with Crippen molar-refractivity contribution in [2.75, 3.05) is 26.7 Å². The lowest BCUT2D eigenvalue weighted by molar-refractivity contribution is 0.0708. The second-order valence-electron chi connectivity index (χ2n) is 4.46. The maximum Gasteiger partial charge on any atom is 0.254 e. The van der Waals surface area contributed by atoms with E-state index < -0.39 is 5.82 Å². The van der Waals surface area contributed by atoms with E-state index in [1.807, 2.05) is 6.92 Å². The largest absolute Gasteiger partial charge is 0.494 e. The quantitative estimate of drug-likeness (QED) is 0.900. The van der Waals surface area contributed by atoms with E-state index in [0.29, 0.717) is 18.7 Å².